The second kappa shape index (κ2) is 6.44. The Hall–Kier alpha value is -1.89. The molecule has 0 aliphatic heterocycles. The number of rotatable bonds is 4. The van der Waals surface area contributed by atoms with Crippen molar-refractivity contribution in [2.45, 2.75) is 18.9 Å². The molecule has 1 N–H and O–H groups in total. The number of nitrogens with zero attached hydrogens (tertiary/aromatic N) is 5. The van der Waals surface area contributed by atoms with E-state index in [0.717, 1.165) is 30.8 Å². The summed E-state index contributed by atoms with van der Waals surface area (Å²) < 4.78 is 1.70. The molecule has 25 heavy (non-hydrogen) atoms. The van der Waals surface area contributed by atoms with E-state index in [1.54, 1.807) is 22.7 Å². The average Bonchev–Trinajstić information content (AvgIpc) is 2.95. The standard InChI is InChI=1S/C17H17Cl2N5O/c1-23(9-10-4-14(25)5-10)16-3-2-15-20-21-17(24(15)22-16)11-6-12(18)8-13(19)7-11/h2-3,6-8,10,14,25H,4-5,9H2,1H3. The number of aliphatic hydroxyl groups excluding tert-OH is 1. The monoisotopic (exact) mass is 377 g/mol. The molecule has 1 fully saturated rings. The van der Waals surface area contributed by atoms with E-state index in [-0.39, 0.29) is 6.10 Å². The molecule has 2 heterocycles. The summed E-state index contributed by atoms with van der Waals surface area (Å²) in [5.41, 5.74) is 1.42. The number of hydrogen-bond donors (Lipinski definition) is 1. The smallest absolute Gasteiger partial charge is 0.185 e. The van der Waals surface area contributed by atoms with Gasteiger partial charge in [0, 0.05) is 29.2 Å². The highest BCUT2D eigenvalue weighted by Crippen LogP contribution is 2.29. The van der Waals surface area contributed by atoms with E-state index in [2.05, 4.69) is 20.2 Å². The fourth-order valence-corrected chi connectivity index (χ4v) is 3.70. The van der Waals surface area contributed by atoms with Crippen LogP contribution in [0.25, 0.3) is 17.0 Å². The van der Waals surface area contributed by atoms with E-state index in [4.69, 9.17) is 23.2 Å². The number of hydrogen-bond acceptors (Lipinski definition) is 5. The van der Waals surface area contributed by atoms with Crippen LogP contribution < -0.4 is 4.90 Å². The molecule has 0 amide bonds. The molecule has 1 aliphatic rings. The maximum Gasteiger partial charge on any atom is 0.185 e. The van der Waals surface area contributed by atoms with Crippen molar-refractivity contribution in [1.29, 1.82) is 0 Å². The van der Waals surface area contributed by atoms with Gasteiger partial charge in [0.25, 0.3) is 0 Å². The summed E-state index contributed by atoms with van der Waals surface area (Å²) >= 11 is 12.2. The molecule has 3 aromatic rings. The highest BCUT2D eigenvalue weighted by atomic mass is 35.5. The van der Waals surface area contributed by atoms with Crippen LogP contribution in [0.2, 0.25) is 10.0 Å². The molecule has 1 aromatic carbocycles. The summed E-state index contributed by atoms with van der Waals surface area (Å²) in [5.74, 6) is 1.92. The van der Waals surface area contributed by atoms with Gasteiger partial charge < -0.3 is 10.0 Å². The Kier molecular flexibility index (Phi) is 4.27. The molecule has 0 spiro atoms. The Morgan fingerprint density at radius 2 is 1.88 bits per heavy atom. The number of aliphatic hydroxyl groups is 1. The minimum absolute atomic E-state index is 0.147. The Balaban J connectivity index is 1.67. The van der Waals surface area contributed by atoms with Gasteiger partial charge in [0.2, 0.25) is 0 Å². The zero-order chi connectivity index (χ0) is 17.6. The molecule has 0 saturated heterocycles. The maximum atomic E-state index is 9.45. The lowest BCUT2D eigenvalue weighted by Crippen LogP contribution is -2.37. The van der Waals surface area contributed by atoms with E-state index >= 15 is 0 Å². The first-order chi connectivity index (χ1) is 12.0. The summed E-state index contributed by atoms with van der Waals surface area (Å²) in [6, 6.07) is 9.07. The molecule has 0 atom stereocenters. The number of aromatic nitrogens is 4. The topological polar surface area (TPSA) is 66.5 Å². The second-order valence-electron chi connectivity index (χ2n) is 6.52. The third-order valence-electron chi connectivity index (χ3n) is 4.50. The Morgan fingerprint density at radius 1 is 1.16 bits per heavy atom. The van der Waals surface area contributed by atoms with E-state index in [9.17, 15) is 5.11 Å². The van der Waals surface area contributed by atoms with Gasteiger partial charge in [0.05, 0.1) is 6.10 Å². The van der Waals surface area contributed by atoms with Crippen LogP contribution in [-0.2, 0) is 0 Å². The van der Waals surface area contributed by atoms with Crippen molar-refractivity contribution < 1.29 is 5.11 Å². The molecular formula is C17H17Cl2N5O. The fraction of sp³-hybridized carbons (Fsp3) is 0.353. The molecule has 0 bridgehead atoms. The van der Waals surface area contributed by atoms with Gasteiger partial charge in [-0.25, -0.2) is 0 Å². The van der Waals surface area contributed by atoms with Crippen molar-refractivity contribution >= 4 is 34.7 Å². The lowest BCUT2D eigenvalue weighted by molar-refractivity contribution is 0.0464. The number of halogens is 2. The lowest BCUT2D eigenvalue weighted by Gasteiger charge is -2.34. The van der Waals surface area contributed by atoms with Gasteiger partial charge in [-0.3, -0.25) is 0 Å². The first kappa shape index (κ1) is 16.6. The molecule has 2 aromatic heterocycles. The zero-order valence-corrected chi connectivity index (χ0v) is 15.1. The van der Waals surface area contributed by atoms with E-state index in [0.29, 0.717) is 27.4 Å². The number of benzene rings is 1. The molecule has 8 heteroatoms. The molecule has 130 valence electrons. The minimum atomic E-state index is -0.147. The van der Waals surface area contributed by atoms with Crippen LogP contribution in [0.3, 0.4) is 0 Å². The number of fused-ring (bicyclic) bond motifs is 1. The lowest BCUT2D eigenvalue weighted by atomic mass is 9.82. The van der Waals surface area contributed by atoms with Crippen LogP contribution in [-0.4, -0.2) is 44.6 Å². The number of anilines is 1. The van der Waals surface area contributed by atoms with Gasteiger partial charge in [-0.15, -0.1) is 15.3 Å². The summed E-state index contributed by atoms with van der Waals surface area (Å²) in [4.78, 5) is 2.09. The molecule has 6 nitrogen and oxygen atoms in total. The van der Waals surface area contributed by atoms with Crippen molar-refractivity contribution in [3.05, 3.63) is 40.4 Å². The Bertz CT molecular complexity index is 902. The summed E-state index contributed by atoms with van der Waals surface area (Å²) in [6.07, 6.45) is 1.56. The molecule has 1 aliphatic carbocycles. The molecule has 1 saturated carbocycles. The third kappa shape index (κ3) is 3.29. The van der Waals surface area contributed by atoms with Crippen LogP contribution in [0.1, 0.15) is 12.8 Å². The van der Waals surface area contributed by atoms with Crippen molar-refractivity contribution in [3.63, 3.8) is 0 Å². The quantitative estimate of drug-likeness (QED) is 0.755. The Labute approximate surface area is 155 Å². The first-order valence-electron chi connectivity index (χ1n) is 8.08. The van der Waals surface area contributed by atoms with Gasteiger partial charge >= 0.3 is 0 Å². The SMILES string of the molecule is CN(CC1CC(O)C1)c1ccc2nnc(-c3cc(Cl)cc(Cl)c3)n2n1. The largest absolute Gasteiger partial charge is 0.393 e. The van der Waals surface area contributed by atoms with Crippen LogP contribution >= 0.6 is 23.2 Å². The maximum absolute atomic E-state index is 9.45. The van der Waals surface area contributed by atoms with Gasteiger partial charge in [0.1, 0.15) is 5.82 Å². The van der Waals surface area contributed by atoms with Crippen molar-refractivity contribution in [2.24, 2.45) is 5.92 Å². The first-order valence-corrected chi connectivity index (χ1v) is 8.83. The Morgan fingerprint density at radius 3 is 2.56 bits per heavy atom. The molecule has 4 rings (SSSR count). The predicted octanol–water partition coefficient (Wildman–Crippen LogP) is 3.31. The van der Waals surface area contributed by atoms with E-state index in [1.165, 1.54) is 0 Å². The van der Waals surface area contributed by atoms with Gasteiger partial charge in [-0.2, -0.15) is 4.52 Å². The molecular weight excluding hydrogens is 361 g/mol. The zero-order valence-electron chi connectivity index (χ0n) is 13.6. The minimum Gasteiger partial charge on any atom is -0.393 e. The van der Waals surface area contributed by atoms with Crippen molar-refractivity contribution in [2.75, 3.05) is 18.5 Å². The fourth-order valence-electron chi connectivity index (χ4n) is 3.18. The summed E-state index contributed by atoms with van der Waals surface area (Å²) in [7, 11) is 2.00. The van der Waals surface area contributed by atoms with Crippen LogP contribution in [0.5, 0.6) is 0 Å². The second-order valence-corrected chi connectivity index (χ2v) is 7.39. The van der Waals surface area contributed by atoms with Crippen LogP contribution in [0.4, 0.5) is 5.82 Å². The average molecular weight is 378 g/mol. The highest BCUT2D eigenvalue weighted by Gasteiger charge is 2.28. The third-order valence-corrected chi connectivity index (χ3v) is 4.94. The van der Waals surface area contributed by atoms with Crippen LogP contribution in [0, 0.1) is 5.92 Å². The van der Waals surface area contributed by atoms with E-state index < -0.39 is 0 Å². The van der Waals surface area contributed by atoms with Gasteiger partial charge in [-0.05, 0) is 49.1 Å². The highest BCUT2D eigenvalue weighted by molar-refractivity contribution is 6.35. The summed E-state index contributed by atoms with van der Waals surface area (Å²) in [6.45, 7) is 0.857. The normalized spacial score (nSPS) is 19.8. The van der Waals surface area contributed by atoms with Crippen molar-refractivity contribution in [1.82, 2.24) is 19.8 Å². The molecule has 0 unspecified atom stereocenters. The molecule has 0 radical (unpaired) electrons. The predicted molar refractivity (Wildman–Crippen MR) is 98.2 cm³/mol. The van der Waals surface area contributed by atoms with Gasteiger partial charge in [0.15, 0.2) is 11.5 Å². The van der Waals surface area contributed by atoms with E-state index in [1.807, 2.05) is 19.2 Å². The van der Waals surface area contributed by atoms with Gasteiger partial charge in [-0.1, -0.05) is 23.2 Å². The van der Waals surface area contributed by atoms with Crippen LogP contribution in [0.15, 0.2) is 30.3 Å². The summed E-state index contributed by atoms with van der Waals surface area (Å²) in [5, 5.41) is 23.6. The van der Waals surface area contributed by atoms with Crippen molar-refractivity contribution in [3.8, 4) is 11.4 Å².